The minimum absolute atomic E-state index is 0.0479. The number of anilines is 2. The summed E-state index contributed by atoms with van der Waals surface area (Å²) in [5, 5.41) is 13.3. The van der Waals surface area contributed by atoms with Gasteiger partial charge in [-0.2, -0.15) is 0 Å². The highest BCUT2D eigenvalue weighted by molar-refractivity contribution is 5.98. The molecule has 0 aromatic heterocycles. The number of non-ortho nitro benzene ring substituents is 1. The summed E-state index contributed by atoms with van der Waals surface area (Å²) in [5.41, 5.74) is 1.02. The molecule has 1 fully saturated rings. The van der Waals surface area contributed by atoms with Gasteiger partial charge in [-0.15, -0.1) is 0 Å². The number of carbonyl (C=O) groups excluding carboxylic acids is 3. The Morgan fingerprint density at radius 2 is 1.93 bits per heavy atom. The third-order valence-corrected chi connectivity index (χ3v) is 4.47. The summed E-state index contributed by atoms with van der Waals surface area (Å²) in [6, 6.07) is 11.8. The topological polar surface area (TPSA) is 119 Å². The van der Waals surface area contributed by atoms with Crippen LogP contribution in [-0.2, 0) is 14.3 Å². The highest BCUT2D eigenvalue weighted by atomic mass is 16.6. The summed E-state index contributed by atoms with van der Waals surface area (Å²) in [7, 11) is 0. The third kappa shape index (κ3) is 4.75. The van der Waals surface area contributed by atoms with Crippen LogP contribution in [0.15, 0.2) is 48.5 Å². The number of nitrogens with one attached hydrogen (secondary N) is 1. The van der Waals surface area contributed by atoms with Crippen LogP contribution >= 0.6 is 0 Å². The maximum absolute atomic E-state index is 12.3. The van der Waals surface area contributed by atoms with Crippen molar-refractivity contribution in [3.63, 3.8) is 0 Å². The first-order valence-electron chi connectivity index (χ1n) is 9.02. The highest BCUT2D eigenvalue weighted by Gasteiger charge is 2.23. The Hall–Kier alpha value is -3.75. The second-order valence-corrected chi connectivity index (χ2v) is 6.54. The number of benzene rings is 2. The van der Waals surface area contributed by atoms with E-state index >= 15 is 0 Å². The molecule has 2 amide bonds. The van der Waals surface area contributed by atoms with Gasteiger partial charge in [-0.25, -0.2) is 4.79 Å². The lowest BCUT2D eigenvalue weighted by atomic mass is 10.2. The van der Waals surface area contributed by atoms with Gasteiger partial charge in [-0.05, 0) is 43.7 Å². The molecule has 0 saturated carbocycles. The molecule has 1 aliphatic rings. The molecular weight excluding hydrogens is 378 g/mol. The second-order valence-electron chi connectivity index (χ2n) is 6.54. The fourth-order valence-corrected chi connectivity index (χ4v) is 2.92. The van der Waals surface area contributed by atoms with Crippen molar-refractivity contribution in [3.8, 4) is 0 Å². The van der Waals surface area contributed by atoms with Crippen LogP contribution in [0.25, 0.3) is 0 Å². The summed E-state index contributed by atoms with van der Waals surface area (Å²) >= 11 is 0. The van der Waals surface area contributed by atoms with E-state index in [0.29, 0.717) is 18.7 Å². The predicted molar refractivity (Wildman–Crippen MR) is 105 cm³/mol. The van der Waals surface area contributed by atoms with Crippen LogP contribution in [0.4, 0.5) is 17.1 Å². The number of esters is 1. The van der Waals surface area contributed by atoms with E-state index < -0.39 is 22.9 Å². The van der Waals surface area contributed by atoms with Crippen LogP contribution in [0.5, 0.6) is 0 Å². The van der Waals surface area contributed by atoms with Gasteiger partial charge in [0, 0.05) is 36.5 Å². The van der Waals surface area contributed by atoms with E-state index in [-0.39, 0.29) is 22.8 Å². The van der Waals surface area contributed by atoms with Gasteiger partial charge in [0.25, 0.3) is 11.6 Å². The van der Waals surface area contributed by atoms with E-state index in [0.717, 1.165) is 6.42 Å². The van der Waals surface area contributed by atoms with E-state index in [9.17, 15) is 24.5 Å². The Balaban J connectivity index is 1.59. The van der Waals surface area contributed by atoms with Crippen LogP contribution in [-0.4, -0.2) is 35.4 Å². The Kier molecular flexibility index (Phi) is 5.87. The van der Waals surface area contributed by atoms with Crippen LogP contribution in [0.1, 0.15) is 30.1 Å². The van der Waals surface area contributed by atoms with Gasteiger partial charge < -0.3 is 15.0 Å². The first-order valence-corrected chi connectivity index (χ1v) is 9.02. The molecule has 2 aromatic carbocycles. The third-order valence-electron chi connectivity index (χ3n) is 4.47. The van der Waals surface area contributed by atoms with Crippen molar-refractivity contribution in [1.82, 2.24) is 0 Å². The summed E-state index contributed by atoms with van der Waals surface area (Å²) in [4.78, 5) is 48.2. The molecule has 0 aliphatic carbocycles. The minimum atomic E-state index is -1.11. The number of hydrogen-bond donors (Lipinski definition) is 1. The number of nitrogens with zero attached hydrogens (tertiary/aromatic N) is 2. The summed E-state index contributed by atoms with van der Waals surface area (Å²) < 4.78 is 5.17. The van der Waals surface area contributed by atoms with Gasteiger partial charge >= 0.3 is 5.97 Å². The minimum Gasteiger partial charge on any atom is -0.449 e. The van der Waals surface area contributed by atoms with Crippen molar-refractivity contribution >= 4 is 34.8 Å². The van der Waals surface area contributed by atoms with Crippen LogP contribution in [0.3, 0.4) is 0 Å². The molecule has 0 bridgehead atoms. The normalized spacial score (nSPS) is 14.4. The van der Waals surface area contributed by atoms with Crippen molar-refractivity contribution < 1.29 is 24.0 Å². The fourth-order valence-electron chi connectivity index (χ4n) is 2.92. The molecule has 9 heteroatoms. The zero-order valence-electron chi connectivity index (χ0n) is 15.7. The van der Waals surface area contributed by atoms with E-state index in [4.69, 9.17) is 4.74 Å². The molecule has 150 valence electrons. The van der Waals surface area contributed by atoms with Gasteiger partial charge in [0.05, 0.1) is 10.5 Å². The first kappa shape index (κ1) is 20.0. The lowest BCUT2D eigenvalue weighted by molar-refractivity contribution is -0.384. The summed E-state index contributed by atoms with van der Waals surface area (Å²) in [6.45, 7) is 2.05. The molecule has 1 aliphatic heterocycles. The monoisotopic (exact) mass is 397 g/mol. The number of hydrogen-bond acceptors (Lipinski definition) is 6. The Labute approximate surface area is 166 Å². The van der Waals surface area contributed by atoms with Crippen LogP contribution in [0, 0.1) is 10.1 Å². The zero-order valence-corrected chi connectivity index (χ0v) is 15.7. The van der Waals surface area contributed by atoms with E-state index in [1.54, 1.807) is 17.0 Å². The van der Waals surface area contributed by atoms with Crippen LogP contribution in [0.2, 0.25) is 0 Å². The Morgan fingerprint density at radius 3 is 2.55 bits per heavy atom. The quantitative estimate of drug-likeness (QED) is 0.455. The predicted octanol–water partition coefficient (Wildman–Crippen LogP) is 2.91. The average molecular weight is 397 g/mol. The fraction of sp³-hybridized carbons (Fsp3) is 0.250. The largest absolute Gasteiger partial charge is 0.449 e. The average Bonchev–Trinajstić information content (AvgIpc) is 3.14. The van der Waals surface area contributed by atoms with E-state index in [1.165, 1.54) is 43.3 Å². The molecule has 1 heterocycles. The molecule has 1 saturated heterocycles. The van der Waals surface area contributed by atoms with Crippen LogP contribution < -0.4 is 10.2 Å². The van der Waals surface area contributed by atoms with Crippen molar-refractivity contribution in [2.45, 2.75) is 25.9 Å². The van der Waals surface area contributed by atoms with Crippen molar-refractivity contribution in [2.24, 2.45) is 0 Å². The molecule has 29 heavy (non-hydrogen) atoms. The first-order chi connectivity index (χ1) is 13.8. The maximum Gasteiger partial charge on any atom is 0.338 e. The zero-order chi connectivity index (χ0) is 21.0. The molecule has 9 nitrogen and oxygen atoms in total. The molecule has 2 aromatic rings. The lowest BCUT2D eigenvalue weighted by Crippen LogP contribution is -2.30. The number of nitro benzene ring substituents is 1. The number of ether oxygens (including phenoxy) is 1. The van der Waals surface area contributed by atoms with E-state index in [2.05, 4.69) is 5.32 Å². The van der Waals surface area contributed by atoms with Gasteiger partial charge in [0.2, 0.25) is 5.91 Å². The van der Waals surface area contributed by atoms with Crippen molar-refractivity contribution in [1.29, 1.82) is 0 Å². The molecule has 3 rings (SSSR count). The molecule has 1 unspecified atom stereocenters. The maximum atomic E-state index is 12.3. The van der Waals surface area contributed by atoms with Crippen molar-refractivity contribution in [2.75, 3.05) is 16.8 Å². The van der Waals surface area contributed by atoms with Gasteiger partial charge in [-0.1, -0.05) is 6.07 Å². The molecule has 0 radical (unpaired) electrons. The van der Waals surface area contributed by atoms with Gasteiger partial charge in [-0.3, -0.25) is 19.7 Å². The number of amides is 2. The SMILES string of the molecule is CC(OC(=O)c1ccc(N2CCCC2=O)cc1)C(=O)Nc1cccc([N+](=O)[O-])c1. The lowest BCUT2D eigenvalue weighted by Gasteiger charge is -2.16. The summed E-state index contributed by atoms with van der Waals surface area (Å²) in [6.07, 6.45) is 0.211. The number of nitro groups is 1. The molecule has 1 atom stereocenters. The number of carbonyl (C=O) groups is 3. The molecule has 0 spiro atoms. The summed E-state index contributed by atoms with van der Waals surface area (Å²) in [5.74, 6) is -1.25. The standard InChI is InChI=1S/C20H19N3O6/c1-13(19(25)21-15-4-2-5-17(12-15)23(27)28)29-20(26)14-7-9-16(10-8-14)22-11-3-6-18(22)24/h2,4-5,7-10,12-13H,3,6,11H2,1H3,(H,21,25). The smallest absolute Gasteiger partial charge is 0.338 e. The number of rotatable bonds is 6. The van der Waals surface area contributed by atoms with E-state index in [1.807, 2.05) is 0 Å². The molecule has 1 N–H and O–H groups in total. The Morgan fingerprint density at radius 1 is 1.21 bits per heavy atom. The van der Waals surface area contributed by atoms with Gasteiger partial charge in [0.1, 0.15) is 0 Å². The van der Waals surface area contributed by atoms with Crippen molar-refractivity contribution in [3.05, 3.63) is 64.2 Å². The Bertz CT molecular complexity index is 957. The second kappa shape index (κ2) is 8.51. The van der Waals surface area contributed by atoms with Gasteiger partial charge in [0.15, 0.2) is 6.10 Å². The molecular formula is C20H19N3O6. The highest BCUT2D eigenvalue weighted by Crippen LogP contribution is 2.22.